The number of esters is 1. The van der Waals surface area contributed by atoms with E-state index in [1.54, 1.807) is 6.92 Å². The third kappa shape index (κ3) is 3.91. The number of hydrogen-bond acceptors (Lipinski definition) is 4. The minimum absolute atomic E-state index is 0.0857. The largest absolute Gasteiger partial charge is 0.465 e. The molecule has 1 rings (SSSR count). The van der Waals surface area contributed by atoms with Gasteiger partial charge < -0.3 is 20.8 Å². The number of nitrogens with one attached hydrogen (secondary N) is 2. The van der Waals surface area contributed by atoms with Gasteiger partial charge in [-0.3, -0.25) is 9.59 Å². The molecule has 0 spiro atoms. The van der Waals surface area contributed by atoms with E-state index in [2.05, 4.69) is 10.3 Å². The standard InChI is InChI=1S/C16H25N3O4/c1-6-8(3)12(14(17)20)19-15(21)13-9(4)11(16(22)23-5)10(7-2)18-13/h8,12,18H,6-7H2,1-5H3,(H2,17,20)(H,19,21). The Morgan fingerprint density at radius 1 is 1.30 bits per heavy atom. The van der Waals surface area contributed by atoms with E-state index in [1.807, 2.05) is 20.8 Å². The molecular weight excluding hydrogens is 298 g/mol. The predicted molar refractivity (Wildman–Crippen MR) is 86.2 cm³/mol. The summed E-state index contributed by atoms with van der Waals surface area (Å²) >= 11 is 0. The van der Waals surface area contributed by atoms with Crippen LogP contribution in [-0.2, 0) is 16.0 Å². The molecule has 0 bridgehead atoms. The molecule has 2 unspecified atom stereocenters. The number of primary amides is 1. The lowest BCUT2D eigenvalue weighted by molar-refractivity contribution is -0.120. The Bertz CT molecular complexity index is 607. The summed E-state index contributed by atoms with van der Waals surface area (Å²) in [6.07, 6.45) is 1.24. The van der Waals surface area contributed by atoms with Crippen LogP contribution in [0.2, 0.25) is 0 Å². The van der Waals surface area contributed by atoms with Crippen LogP contribution in [0, 0.1) is 12.8 Å². The van der Waals surface area contributed by atoms with Gasteiger partial charge in [0, 0.05) is 5.69 Å². The molecule has 1 heterocycles. The summed E-state index contributed by atoms with van der Waals surface area (Å²) in [6, 6.07) is -0.762. The highest BCUT2D eigenvalue weighted by atomic mass is 16.5. The fourth-order valence-electron chi connectivity index (χ4n) is 2.47. The lowest BCUT2D eigenvalue weighted by atomic mass is 9.98. The molecule has 0 fully saturated rings. The highest BCUT2D eigenvalue weighted by Gasteiger charge is 2.28. The van der Waals surface area contributed by atoms with Gasteiger partial charge in [-0.2, -0.15) is 0 Å². The highest BCUT2D eigenvalue weighted by molar-refractivity contribution is 6.02. The first-order valence-corrected chi connectivity index (χ1v) is 7.68. The minimum Gasteiger partial charge on any atom is -0.465 e. The first kappa shape index (κ1) is 18.7. The maximum Gasteiger partial charge on any atom is 0.339 e. The van der Waals surface area contributed by atoms with Gasteiger partial charge in [0.25, 0.3) is 5.91 Å². The van der Waals surface area contributed by atoms with Crippen LogP contribution in [0.5, 0.6) is 0 Å². The number of carbonyl (C=O) groups is 3. The van der Waals surface area contributed by atoms with Crippen molar-refractivity contribution in [2.24, 2.45) is 11.7 Å². The normalized spacial score (nSPS) is 13.3. The van der Waals surface area contributed by atoms with Crippen molar-refractivity contribution in [3.05, 3.63) is 22.5 Å². The van der Waals surface area contributed by atoms with E-state index in [0.717, 1.165) is 0 Å². The summed E-state index contributed by atoms with van der Waals surface area (Å²) in [4.78, 5) is 38.9. The number of nitrogens with two attached hydrogens (primary N) is 1. The second-order valence-electron chi connectivity index (χ2n) is 5.56. The average molecular weight is 323 g/mol. The predicted octanol–water partition coefficient (Wildman–Crippen LogP) is 1.30. The smallest absolute Gasteiger partial charge is 0.339 e. The first-order valence-electron chi connectivity index (χ1n) is 7.68. The SMILES string of the molecule is CCc1[nH]c(C(=O)NC(C(N)=O)C(C)CC)c(C)c1C(=O)OC. The van der Waals surface area contributed by atoms with E-state index in [9.17, 15) is 14.4 Å². The summed E-state index contributed by atoms with van der Waals surface area (Å²) in [7, 11) is 1.29. The van der Waals surface area contributed by atoms with Crippen LogP contribution in [0.4, 0.5) is 0 Å². The molecule has 4 N–H and O–H groups in total. The molecule has 1 aromatic rings. The topological polar surface area (TPSA) is 114 Å². The van der Waals surface area contributed by atoms with Gasteiger partial charge in [0.1, 0.15) is 11.7 Å². The van der Waals surface area contributed by atoms with E-state index >= 15 is 0 Å². The fraction of sp³-hybridized carbons (Fsp3) is 0.562. The number of H-pyrrole nitrogens is 1. The van der Waals surface area contributed by atoms with E-state index in [4.69, 9.17) is 10.5 Å². The third-order valence-corrected chi connectivity index (χ3v) is 4.10. The van der Waals surface area contributed by atoms with E-state index in [0.29, 0.717) is 29.7 Å². The molecule has 2 amide bonds. The van der Waals surface area contributed by atoms with Gasteiger partial charge in [-0.05, 0) is 24.8 Å². The Labute approximate surface area is 136 Å². The summed E-state index contributed by atoms with van der Waals surface area (Å²) in [5, 5.41) is 2.65. The zero-order valence-corrected chi connectivity index (χ0v) is 14.3. The van der Waals surface area contributed by atoms with E-state index in [1.165, 1.54) is 7.11 Å². The van der Waals surface area contributed by atoms with Gasteiger partial charge in [-0.15, -0.1) is 0 Å². The summed E-state index contributed by atoms with van der Waals surface area (Å²) < 4.78 is 4.76. The molecule has 0 radical (unpaired) electrons. The van der Waals surface area contributed by atoms with Crippen LogP contribution < -0.4 is 11.1 Å². The highest BCUT2D eigenvalue weighted by Crippen LogP contribution is 2.20. The zero-order valence-electron chi connectivity index (χ0n) is 14.3. The number of methoxy groups -OCH3 is 1. The minimum atomic E-state index is -0.762. The Hall–Kier alpha value is -2.31. The second kappa shape index (κ2) is 7.80. The Balaban J connectivity index is 3.16. The van der Waals surface area contributed by atoms with Crippen molar-refractivity contribution >= 4 is 17.8 Å². The average Bonchev–Trinajstić information content (AvgIpc) is 2.87. The summed E-state index contributed by atoms with van der Waals surface area (Å²) in [5.74, 6) is -1.63. The van der Waals surface area contributed by atoms with Crippen LogP contribution in [0.1, 0.15) is 59.3 Å². The lowest BCUT2D eigenvalue weighted by Gasteiger charge is -2.21. The number of hydrogen-bond donors (Lipinski definition) is 3. The number of rotatable bonds is 7. The zero-order chi connectivity index (χ0) is 17.7. The van der Waals surface area contributed by atoms with Crippen molar-refractivity contribution in [2.75, 3.05) is 7.11 Å². The van der Waals surface area contributed by atoms with Crippen molar-refractivity contribution in [1.82, 2.24) is 10.3 Å². The molecule has 1 aromatic heterocycles. The van der Waals surface area contributed by atoms with E-state index in [-0.39, 0.29) is 11.6 Å². The molecule has 23 heavy (non-hydrogen) atoms. The quantitative estimate of drug-likeness (QED) is 0.656. The van der Waals surface area contributed by atoms with Gasteiger partial charge in [0.15, 0.2) is 0 Å². The molecule has 0 aromatic carbocycles. The maximum absolute atomic E-state index is 12.5. The molecule has 2 atom stereocenters. The van der Waals surface area contributed by atoms with Crippen molar-refractivity contribution in [1.29, 1.82) is 0 Å². The number of aromatic nitrogens is 1. The van der Waals surface area contributed by atoms with Crippen LogP contribution in [-0.4, -0.2) is 35.9 Å². The lowest BCUT2D eigenvalue weighted by Crippen LogP contribution is -2.48. The summed E-state index contributed by atoms with van der Waals surface area (Å²) in [6.45, 7) is 7.29. The van der Waals surface area contributed by atoms with Gasteiger partial charge in [0.2, 0.25) is 5.91 Å². The summed E-state index contributed by atoms with van der Waals surface area (Å²) in [5.41, 5.74) is 7.10. The van der Waals surface area contributed by atoms with Gasteiger partial charge in [-0.1, -0.05) is 27.2 Å². The third-order valence-electron chi connectivity index (χ3n) is 4.10. The number of amides is 2. The van der Waals surface area contributed by atoms with Gasteiger partial charge in [0.05, 0.1) is 12.7 Å². The number of ether oxygens (including phenoxy) is 1. The van der Waals surface area contributed by atoms with Crippen molar-refractivity contribution in [3.8, 4) is 0 Å². The molecule has 7 nitrogen and oxygen atoms in total. The van der Waals surface area contributed by atoms with Crippen molar-refractivity contribution < 1.29 is 19.1 Å². The van der Waals surface area contributed by atoms with E-state index < -0.39 is 23.8 Å². The molecule has 0 aliphatic heterocycles. The molecule has 0 aliphatic rings. The number of aryl methyl sites for hydroxylation is 1. The monoisotopic (exact) mass is 323 g/mol. The number of carbonyl (C=O) groups excluding carboxylic acids is 3. The Morgan fingerprint density at radius 3 is 2.35 bits per heavy atom. The van der Waals surface area contributed by atoms with Crippen molar-refractivity contribution in [3.63, 3.8) is 0 Å². The van der Waals surface area contributed by atoms with Crippen LogP contribution in [0.3, 0.4) is 0 Å². The van der Waals surface area contributed by atoms with Crippen LogP contribution >= 0.6 is 0 Å². The van der Waals surface area contributed by atoms with Crippen molar-refractivity contribution in [2.45, 2.75) is 46.6 Å². The van der Waals surface area contributed by atoms with Crippen LogP contribution in [0.25, 0.3) is 0 Å². The molecular formula is C16H25N3O4. The van der Waals surface area contributed by atoms with Gasteiger partial charge in [-0.25, -0.2) is 4.79 Å². The Kier molecular flexibility index (Phi) is 6.36. The Morgan fingerprint density at radius 2 is 1.91 bits per heavy atom. The molecule has 0 aliphatic carbocycles. The van der Waals surface area contributed by atoms with Gasteiger partial charge >= 0.3 is 5.97 Å². The molecule has 7 heteroatoms. The fourth-order valence-corrected chi connectivity index (χ4v) is 2.47. The second-order valence-corrected chi connectivity index (χ2v) is 5.56. The maximum atomic E-state index is 12.5. The van der Waals surface area contributed by atoms with Crippen LogP contribution in [0.15, 0.2) is 0 Å². The number of aromatic amines is 1. The molecule has 0 saturated heterocycles. The molecule has 0 saturated carbocycles. The molecule has 128 valence electrons. The first-order chi connectivity index (χ1) is 10.8.